The van der Waals surface area contributed by atoms with E-state index in [4.69, 9.17) is 4.74 Å². The van der Waals surface area contributed by atoms with E-state index >= 15 is 0 Å². The summed E-state index contributed by atoms with van der Waals surface area (Å²) in [6.45, 7) is 3.81. The van der Waals surface area contributed by atoms with Gasteiger partial charge in [-0.1, -0.05) is 54.2 Å². The van der Waals surface area contributed by atoms with Gasteiger partial charge in [0.1, 0.15) is 0 Å². The quantitative estimate of drug-likeness (QED) is 0.171. The molecule has 0 aliphatic carbocycles. The van der Waals surface area contributed by atoms with E-state index in [1.165, 1.54) is 16.4 Å². The minimum Gasteiger partial charge on any atom is -0.386 e. The van der Waals surface area contributed by atoms with Crippen molar-refractivity contribution in [3.8, 4) is 5.69 Å². The number of cyclic esters (lactones) is 2. The molecular formula is C30H21N3O4S. The number of carbonyl (C=O) groups excluding carboxylic acids is 2. The van der Waals surface area contributed by atoms with Crippen LogP contribution in [0.3, 0.4) is 0 Å². The molecule has 0 fully saturated rings. The molecule has 2 heterocycles. The lowest BCUT2D eigenvalue weighted by Crippen LogP contribution is -2.19. The van der Waals surface area contributed by atoms with Gasteiger partial charge in [-0.15, -0.1) is 0 Å². The van der Waals surface area contributed by atoms with Crippen molar-refractivity contribution in [2.75, 3.05) is 0 Å². The number of nitrogens with one attached hydrogen (secondary N) is 1. The van der Waals surface area contributed by atoms with Gasteiger partial charge >= 0.3 is 11.9 Å². The third-order valence-electron chi connectivity index (χ3n) is 6.52. The average molecular weight is 520 g/mol. The topological polar surface area (TPSA) is 93.5 Å². The van der Waals surface area contributed by atoms with E-state index in [9.17, 15) is 14.4 Å². The number of para-hydroxylation sites is 2. The summed E-state index contributed by atoms with van der Waals surface area (Å²) in [5, 5.41) is 4.54. The maximum Gasteiger partial charge on any atom is 0.346 e. The Hall–Kier alpha value is -4.69. The Kier molecular flexibility index (Phi) is 5.81. The largest absolute Gasteiger partial charge is 0.386 e. The summed E-state index contributed by atoms with van der Waals surface area (Å²) in [4.78, 5) is 44.2. The van der Waals surface area contributed by atoms with Crippen LogP contribution in [-0.2, 0) is 4.74 Å². The van der Waals surface area contributed by atoms with Gasteiger partial charge in [0.15, 0.2) is 0 Å². The maximum absolute atomic E-state index is 13.2. The van der Waals surface area contributed by atoms with E-state index < -0.39 is 11.9 Å². The van der Waals surface area contributed by atoms with Crippen molar-refractivity contribution in [2.45, 2.75) is 23.6 Å². The van der Waals surface area contributed by atoms with Crippen LogP contribution >= 0.6 is 11.8 Å². The monoisotopic (exact) mass is 519 g/mol. The van der Waals surface area contributed by atoms with Crippen molar-refractivity contribution >= 4 is 46.4 Å². The van der Waals surface area contributed by atoms with Crippen LogP contribution in [0.5, 0.6) is 0 Å². The first kappa shape index (κ1) is 23.7. The van der Waals surface area contributed by atoms with Crippen LogP contribution in [-0.4, -0.2) is 27.9 Å². The maximum atomic E-state index is 13.2. The molecule has 7 nitrogen and oxygen atoms in total. The Bertz CT molecular complexity index is 1850. The molecule has 0 atom stereocenters. The summed E-state index contributed by atoms with van der Waals surface area (Å²) < 4.78 is 6.41. The summed E-state index contributed by atoms with van der Waals surface area (Å²) >= 11 is 1.48. The smallest absolute Gasteiger partial charge is 0.346 e. The molecule has 1 aliphatic heterocycles. The Labute approximate surface area is 221 Å². The van der Waals surface area contributed by atoms with Crippen LogP contribution < -0.4 is 5.56 Å². The fraction of sp³-hybridized carbons (Fsp3) is 0.0667. The van der Waals surface area contributed by atoms with Crippen LogP contribution in [0.15, 0.2) is 98.4 Å². The summed E-state index contributed by atoms with van der Waals surface area (Å²) in [5.41, 5.74) is 4.23. The molecule has 0 radical (unpaired) electrons. The number of aryl methyl sites for hydroxylation is 2. The number of ether oxygens (including phenoxy) is 1. The van der Waals surface area contributed by atoms with Gasteiger partial charge < -0.3 is 4.74 Å². The van der Waals surface area contributed by atoms with Crippen LogP contribution in [0.25, 0.3) is 16.5 Å². The molecule has 1 aliphatic rings. The number of nitrogens with zero attached hydrogens (tertiary/aromatic N) is 2. The first-order valence-electron chi connectivity index (χ1n) is 11.9. The number of aromatic amines is 1. The van der Waals surface area contributed by atoms with Gasteiger partial charge in [0, 0.05) is 27.1 Å². The lowest BCUT2D eigenvalue weighted by Gasteiger charge is -2.17. The van der Waals surface area contributed by atoms with E-state index in [0.717, 1.165) is 26.4 Å². The first-order chi connectivity index (χ1) is 18.4. The zero-order chi connectivity index (χ0) is 26.4. The lowest BCUT2D eigenvalue weighted by atomic mass is 9.97. The fourth-order valence-corrected chi connectivity index (χ4v) is 5.63. The van der Waals surface area contributed by atoms with Crippen molar-refractivity contribution in [3.63, 3.8) is 0 Å². The predicted octanol–water partition coefficient (Wildman–Crippen LogP) is 6.15. The fourth-order valence-electron chi connectivity index (χ4n) is 4.60. The number of carbonyl (C=O) groups is 2. The molecule has 0 bridgehead atoms. The molecular weight excluding hydrogens is 498 g/mol. The van der Waals surface area contributed by atoms with Crippen LogP contribution in [0.4, 0.5) is 5.69 Å². The van der Waals surface area contributed by atoms with Gasteiger partial charge in [0.25, 0.3) is 5.56 Å². The predicted molar refractivity (Wildman–Crippen MR) is 147 cm³/mol. The van der Waals surface area contributed by atoms with Crippen molar-refractivity contribution in [2.24, 2.45) is 4.99 Å². The molecule has 186 valence electrons. The van der Waals surface area contributed by atoms with Crippen molar-refractivity contribution in [1.29, 1.82) is 0 Å². The van der Waals surface area contributed by atoms with Gasteiger partial charge in [-0.25, -0.2) is 14.3 Å². The van der Waals surface area contributed by atoms with Crippen molar-refractivity contribution in [3.05, 3.63) is 117 Å². The molecule has 0 amide bonds. The highest BCUT2D eigenvalue weighted by atomic mass is 32.2. The van der Waals surface area contributed by atoms with E-state index in [1.807, 2.05) is 74.5 Å². The minimum atomic E-state index is -0.640. The number of rotatable bonds is 5. The third kappa shape index (κ3) is 3.95. The highest BCUT2D eigenvalue weighted by Gasteiger charge is 2.28. The second kappa shape index (κ2) is 9.32. The molecule has 6 rings (SSSR count). The van der Waals surface area contributed by atoms with Gasteiger partial charge in [0.2, 0.25) is 0 Å². The van der Waals surface area contributed by atoms with Crippen LogP contribution in [0, 0.1) is 13.8 Å². The van der Waals surface area contributed by atoms with Gasteiger partial charge in [-0.05, 0) is 61.2 Å². The lowest BCUT2D eigenvalue weighted by molar-refractivity contribution is 0.0391. The van der Waals surface area contributed by atoms with E-state index in [2.05, 4.69) is 10.1 Å². The van der Waals surface area contributed by atoms with Gasteiger partial charge in [-0.2, -0.15) is 0 Å². The summed E-state index contributed by atoms with van der Waals surface area (Å²) in [6.07, 6.45) is 1.59. The first-order valence-corrected chi connectivity index (χ1v) is 12.7. The van der Waals surface area contributed by atoms with Gasteiger partial charge in [0.05, 0.1) is 28.1 Å². The summed E-state index contributed by atoms with van der Waals surface area (Å²) in [6, 6.07) is 24.2. The number of benzene rings is 4. The number of hydrogen-bond donors (Lipinski definition) is 1. The zero-order valence-electron chi connectivity index (χ0n) is 20.5. The van der Waals surface area contributed by atoms with E-state index in [1.54, 1.807) is 24.4 Å². The van der Waals surface area contributed by atoms with Crippen molar-refractivity contribution in [1.82, 2.24) is 9.78 Å². The minimum absolute atomic E-state index is 0.175. The number of H-pyrrole nitrogens is 1. The molecule has 0 saturated heterocycles. The molecule has 38 heavy (non-hydrogen) atoms. The summed E-state index contributed by atoms with van der Waals surface area (Å²) in [7, 11) is 0. The Morgan fingerprint density at radius 3 is 2.37 bits per heavy atom. The second-order valence-corrected chi connectivity index (χ2v) is 10.0. The Morgan fingerprint density at radius 2 is 1.55 bits per heavy atom. The highest BCUT2D eigenvalue weighted by molar-refractivity contribution is 7.99. The molecule has 1 aromatic heterocycles. The molecule has 0 spiro atoms. The third-order valence-corrected chi connectivity index (χ3v) is 7.66. The molecule has 5 aromatic rings. The van der Waals surface area contributed by atoms with E-state index in [0.29, 0.717) is 33.5 Å². The van der Waals surface area contributed by atoms with E-state index in [-0.39, 0.29) is 5.56 Å². The SMILES string of the molecule is Cc1ccccc1-n1[nH]c(C)c(C=Nc2ccccc2Sc2ccc3c4c(cccc24)C(=O)OC3=O)c1=O. The van der Waals surface area contributed by atoms with Gasteiger partial charge in [-0.3, -0.25) is 14.9 Å². The number of esters is 2. The summed E-state index contributed by atoms with van der Waals surface area (Å²) in [5.74, 6) is -1.28. The average Bonchev–Trinajstić information content (AvgIpc) is 3.20. The van der Waals surface area contributed by atoms with Crippen molar-refractivity contribution < 1.29 is 14.3 Å². The zero-order valence-corrected chi connectivity index (χ0v) is 21.3. The highest BCUT2D eigenvalue weighted by Crippen LogP contribution is 2.41. The second-order valence-electron chi connectivity index (χ2n) is 8.92. The number of aliphatic imine (C=N–C) groups is 1. The molecule has 4 aromatic carbocycles. The Morgan fingerprint density at radius 1 is 0.816 bits per heavy atom. The van der Waals surface area contributed by atoms with Crippen LogP contribution in [0.1, 0.15) is 37.5 Å². The number of hydrogen-bond acceptors (Lipinski definition) is 6. The molecule has 0 unspecified atom stereocenters. The normalized spacial score (nSPS) is 12.9. The molecule has 8 heteroatoms. The molecule has 0 saturated carbocycles. The van der Waals surface area contributed by atoms with Crippen LogP contribution in [0.2, 0.25) is 0 Å². The molecule has 1 N–H and O–H groups in total. The number of aromatic nitrogens is 2. The Balaban J connectivity index is 1.38. The standard InChI is InChI=1S/C30H21N3O4S/c1-17-8-3-5-12-24(17)33-28(34)22(18(2)32-33)16-31-23-11-4-6-13-26(23)38-25-15-14-21-27-19(25)9-7-10-20(27)29(35)37-30(21)36/h3-16,32H,1-2H3.